The quantitative estimate of drug-likeness (QED) is 0.535. The van der Waals surface area contributed by atoms with Crippen molar-refractivity contribution in [1.29, 1.82) is 0 Å². The predicted molar refractivity (Wildman–Crippen MR) is 45.3 cm³/mol. The van der Waals surface area contributed by atoms with E-state index in [9.17, 15) is 5.11 Å². The second-order valence-corrected chi connectivity index (χ2v) is 3.20. The van der Waals surface area contributed by atoms with Crippen molar-refractivity contribution in [1.82, 2.24) is 5.32 Å². The van der Waals surface area contributed by atoms with E-state index in [4.69, 9.17) is 5.73 Å². The van der Waals surface area contributed by atoms with Crippen molar-refractivity contribution in [2.45, 2.75) is 37.8 Å². The zero-order valence-electron chi connectivity index (χ0n) is 6.92. The number of aliphatic hydroxyl groups excluding tert-OH is 1. The molecule has 0 aromatic heterocycles. The van der Waals surface area contributed by atoms with Crippen molar-refractivity contribution in [3.8, 4) is 0 Å². The first kappa shape index (κ1) is 8.97. The number of hydrogen-bond donors (Lipinski definition) is 3. The molecule has 1 fully saturated rings. The zero-order chi connectivity index (χ0) is 8.10. The molecule has 1 aliphatic rings. The second kappa shape index (κ2) is 4.70. The lowest BCUT2D eigenvalue weighted by molar-refractivity contribution is 0.0917. The first-order valence-corrected chi connectivity index (χ1v) is 4.46. The van der Waals surface area contributed by atoms with Gasteiger partial charge >= 0.3 is 0 Å². The molecule has 11 heavy (non-hydrogen) atoms. The Bertz CT molecular complexity index is 108. The topological polar surface area (TPSA) is 58.3 Å². The molecule has 0 radical (unpaired) electrons. The van der Waals surface area contributed by atoms with Crippen LogP contribution in [-0.4, -0.2) is 30.3 Å². The molecule has 1 aliphatic carbocycles. The van der Waals surface area contributed by atoms with E-state index in [-0.39, 0.29) is 6.10 Å². The van der Waals surface area contributed by atoms with Gasteiger partial charge in [-0.3, -0.25) is 0 Å². The summed E-state index contributed by atoms with van der Waals surface area (Å²) in [5.41, 5.74) is 5.35. The van der Waals surface area contributed by atoms with Crippen molar-refractivity contribution < 1.29 is 5.11 Å². The summed E-state index contributed by atoms with van der Waals surface area (Å²) in [4.78, 5) is 0. The van der Waals surface area contributed by atoms with E-state index >= 15 is 0 Å². The fourth-order valence-electron chi connectivity index (χ4n) is 1.62. The molecule has 0 spiro atoms. The lowest BCUT2D eigenvalue weighted by atomic mass is 9.93. The summed E-state index contributed by atoms with van der Waals surface area (Å²) >= 11 is 0. The number of hydrogen-bond acceptors (Lipinski definition) is 3. The Hall–Kier alpha value is -0.120. The van der Waals surface area contributed by atoms with Gasteiger partial charge in [-0.1, -0.05) is 12.8 Å². The molecule has 1 saturated carbocycles. The highest BCUT2D eigenvalue weighted by molar-refractivity contribution is 4.79. The molecule has 1 rings (SSSR count). The van der Waals surface area contributed by atoms with E-state index in [1.807, 2.05) is 0 Å². The van der Waals surface area contributed by atoms with E-state index in [0.717, 1.165) is 19.4 Å². The summed E-state index contributed by atoms with van der Waals surface area (Å²) in [5.74, 6) is 0. The Kier molecular flexibility index (Phi) is 3.83. The number of rotatable bonds is 3. The molecule has 0 aromatic rings. The summed E-state index contributed by atoms with van der Waals surface area (Å²) < 4.78 is 0. The zero-order valence-corrected chi connectivity index (χ0v) is 6.92. The van der Waals surface area contributed by atoms with Gasteiger partial charge in [-0.05, 0) is 12.8 Å². The van der Waals surface area contributed by atoms with Gasteiger partial charge in [0.2, 0.25) is 0 Å². The van der Waals surface area contributed by atoms with Crippen LogP contribution in [-0.2, 0) is 0 Å². The lowest BCUT2D eigenvalue weighted by Gasteiger charge is -2.28. The fourth-order valence-corrected chi connectivity index (χ4v) is 1.62. The molecule has 66 valence electrons. The molecular weight excluding hydrogens is 140 g/mol. The van der Waals surface area contributed by atoms with Crippen LogP contribution in [0.3, 0.4) is 0 Å². The van der Waals surface area contributed by atoms with Gasteiger partial charge in [0.1, 0.15) is 0 Å². The average Bonchev–Trinajstić information content (AvgIpc) is 2.03. The van der Waals surface area contributed by atoms with Crippen LogP contribution in [0.1, 0.15) is 25.7 Å². The largest absolute Gasteiger partial charge is 0.392 e. The lowest BCUT2D eigenvalue weighted by Crippen LogP contribution is -2.43. The van der Waals surface area contributed by atoms with Gasteiger partial charge in [-0.25, -0.2) is 0 Å². The Balaban J connectivity index is 2.18. The van der Waals surface area contributed by atoms with Crippen molar-refractivity contribution in [3.05, 3.63) is 0 Å². The fraction of sp³-hybridized carbons (Fsp3) is 1.00. The van der Waals surface area contributed by atoms with Crippen molar-refractivity contribution >= 4 is 0 Å². The minimum Gasteiger partial charge on any atom is -0.392 e. The van der Waals surface area contributed by atoms with Gasteiger partial charge in [0.05, 0.1) is 6.10 Å². The van der Waals surface area contributed by atoms with E-state index in [0.29, 0.717) is 12.6 Å². The maximum atomic E-state index is 9.49. The van der Waals surface area contributed by atoms with Crippen LogP contribution in [0.2, 0.25) is 0 Å². The second-order valence-electron chi connectivity index (χ2n) is 3.20. The van der Waals surface area contributed by atoms with Gasteiger partial charge in [0.15, 0.2) is 0 Å². The number of nitrogens with one attached hydrogen (secondary N) is 1. The molecule has 4 N–H and O–H groups in total. The van der Waals surface area contributed by atoms with E-state index < -0.39 is 0 Å². The summed E-state index contributed by atoms with van der Waals surface area (Å²) in [6.45, 7) is 1.48. The summed E-state index contributed by atoms with van der Waals surface area (Å²) in [6, 6.07) is 0.298. The third-order valence-corrected chi connectivity index (χ3v) is 2.28. The van der Waals surface area contributed by atoms with Crippen LogP contribution in [0, 0.1) is 0 Å². The molecule has 0 aromatic carbocycles. The van der Waals surface area contributed by atoms with Gasteiger partial charge in [0.25, 0.3) is 0 Å². The van der Waals surface area contributed by atoms with Crippen LogP contribution < -0.4 is 11.1 Å². The molecule has 0 bridgehead atoms. The van der Waals surface area contributed by atoms with Gasteiger partial charge in [0, 0.05) is 19.1 Å². The summed E-state index contributed by atoms with van der Waals surface area (Å²) in [5, 5.41) is 12.7. The molecule has 2 atom stereocenters. The van der Waals surface area contributed by atoms with Crippen LogP contribution in [0.5, 0.6) is 0 Å². The molecule has 3 nitrogen and oxygen atoms in total. The average molecular weight is 158 g/mol. The third kappa shape index (κ3) is 2.77. The predicted octanol–water partition coefficient (Wildman–Crippen LogP) is -0.162. The molecule has 3 heteroatoms. The van der Waals surface area contributed by atoms with E-state index in [1.54, 1.807) is 0 Å². The van der Waals surface area contributed by atoms with E-state index in [1.165, 1.54) is 12.8 Å². The minimum absolute atomic E-state index is 0.143. The molecular formula is C8H18N2O. The Morgan fingerprint density at radius 3 is 2.73 bits per heavy atom. The van der Waals surface area contributed by atoms with Crippen molar-refractivity contribution in [2.24, 2.45) is 5.73 Å². The molecule has 0 aliphatic heterocycles. The van der Waals surface area contributed by atoms with Crippen molar-refractivity contribution in [3.63, 3.8) is 0 Å². The first-order valence-electron chi connectivity index (χ1n) is 4.46. The minimum atomic E-state index is -0.143. The highest BCUT2D eigenvalue weighted by atomic mass is 16.3. The first-order chi connectivity index (χ1) is 5.34. The van der Waals surface area contributed by atoms with E-state index in [2.05, 4.69) is 5.32 Å². The smallest absolute Gasteiger partial charge is 0.0693 e. The molecule has 0 heterocycles. The summed E-state index contributed by atoms with van der Waals surface area (Å²) in [7, 11) is 0. The number of aliphatic hydroxyl groups is 1. The molecule has 0 saturated heterocycles. The third-order valence-electron chi connectivity index (χ3n) is 2.28. The molecule has 0 amide bonds. The SMILES string of the molecule is NCCN[C@H]1CCCC[C@@H]1O. The normalized spacial score (nSPS) is 32.2. The monoisotopic (exact) mass is 158 g/mol. The maximum Gasteiger partial charge on any atom is 0.0693 e. The Morgan fingerprint density at radius 2 is 2.09 bits per heavy atom. The number of nitrogens with two attached hydrogens (primary N) is 1. The van der Waals surface area contributed by atoms with Crippen LogP contribution in [0.25, 0.3) is 0 Å². The van der Waals surface area contributed by atoms with Crippen LogP contribution in [0.4, 0.5) is 0 Å². The van der Waals surface area contributed by atoms with Gasteiger partial charge in [-0.15, -0.1) is 0 Å². The van der Waals surface area contributed by atoms with Crippen LogP contribution >= 0.6 is 0 Å². The summed E-state index contributed by atoms with van der Waals surface area (Å²) in [6.07, 6.45) is 4.31. The van der Waals surface area contributed by atoms with Gasteiger partial charge in [-0.2, -0.15) is 0 Å². The Morgan fingerprint density at radius 1 is 1.36 bits per heavy atom. The highest BCUT2D eigenvalue weighted by Crippen LogP contribution is 2.17. The highest BCUT2D eigenvalue weighted by Gasteiger charge is 2.21. The Labute approximate surface area is 68.0 Å². The maximum absolute atomic E-state index is 9.49. The standard InChI is InChI=1S/C8H18N2O/c9-5-6-10-7-3-1-2-4-8(7)11/h7-8,10-11H,1-6,9H2/t7-,8-/m0/s1. The molecule has 0 unspecified atom stereocenters. The van der Waals surface area contributed by atoms with Gasteiger partial charge < -0.3 is 16.2 Å². The van der Waals surface area contributed by atoms with Crippen LogP contribution in [0.15, 0.2) is 0 Å². The van der Waals surface area contributed by atoms with Crippen molar-refractivity contribution in [2.75, 3.05) is 13.1 Å².